The van der Waals surface area contributed by atoms with Gasteiger partial charge in [-0.3, -0.25) is 0 Å². The number of benzene rings is 1. The Bertz CT molecular complexity index is 577. The van der Waals surface area contributed by atoms with E-state index in [1.165, 1.54) is 49.5 Å². The zero-order valence-electron chi connectivity index (χ0n) is 12.4. The first-order chi connectivity index (χ1) is 10.3. The van der Waals surface area contributed by atoms with Crippen LogP contribution in [0.3, 0.4) is 0 Å². The summed E-state index contributed by atoms with van der Waals surface area (Å²) in [4.78, 5) is 7.50. The quantitative estimate of drug-likeness (QED) is 0.744. The van der Waals surface area contributed by atoms with Crippen molar-refractivity contribution in [3.05, 3.63) is 39.1 Å². The van der Waals surface area contributed by atoms with Crippen LogP contribution in [0.5, 0.6) is 0 Å². The average Bonchev–Trinajstić information content (AvgIpc) is 2.98. The first kappa shape index (κ1) is 15.2. The van der Waals surface area contributed by atoms with Gasteiger partial charge in [0.25, 0.3) is 0 Å². The van der Waals surface area contributed by atoms with Crippen molar-refractivity contribution in [3.63, 3.8) is 0 Å². The van der Waals surface area contributed by atoms with Crippen molar-refractivity contribution in [2.24, 2.45) is 0 Å². The molecule has 0 aliphatic carbocycles. The van der Waals surface area contributed by atoms with Gasteiger partial charge in [0.1, 0.15) is 0 Å². The highest BCUT2D eigenvalue weighted by atomic mass is 79.9. The van der Waals surface area contributed by atoms with E-state index < -0.39 is 0 Å². The van der Waals surface area contributed by atoms with E-state index in [0.717, 1.165) is 10.2 Å². The summed E-state index contributed by atoms with van der Waals surface area (Å²) < 4.78 is 1.11. The van der Waals surface area contributed by atoms with Crippen molar-refractivity contribution in [1.82, 2.24) is 9.88 Å². The lowest BCUT2D eigenvalue weighted by atomic mass is 9.98. The second-order valence-electron chi connectivity index (χ2n) is 5.72. The molecule has 1 aliphatic heterocycles. The Morgan fingerprint density at radius 1 is 1.33 bits per heavy atom. The Morgan fingerprint density at radius 3 is 2.90 bits per heavy atom. The second-order valence-corrected chi connectivity index (χ2v) is 7.52. The van der Waals surface area contributed by atoms with Crippen molar-refractivity contribution in [2.45, 2.75) is 32.1 Å². The molecule has 0 N–H and O–H groups in total. The molecule has 0 radical (unpaired) electrons. The maximum absolute atomic E-state index is 4.90. The van der Waals surface area contributed by atoms with E-state index in [-0.39, 0.29) is 0 Å². The Hall–Kier alpha value is -0.710. The SMILES string of the molecule is CCCN1CCCC(c2nc(-c3ccc(Br)cc3)cs2)C1. The average molecular weight is 365 g/mol. The topological polar surface area (TPSA) is 16.1 Å². The summed E-state index contributed by atoms with van der Waals surface area (Å²) >= 11 is 5.31. The predicted octanol–water partition coefficient (Wildman–Crippen LogP) is 5.16. The molecule has 3 rings (SSSR count). The normalized spacial score (nSPS) is 19.8. The summed E-state index contributed by atoms with van der Waals surface area (Å²) in [6.07, 6.45) is 3.83. The van der Waals surface area contributed by atoms with Crippen molar-refractivity contribution < 1.29 is 0 Å². The van der Waals surface area contributed by atoms with Crippen LogP contribution in [-0.4, -0.2) is 29.5 Å². The molecule has 1 aromatic carbocycles. The molecule has 0 amide bonds. The number of hydrogen-bond acceptors (Lipinski definition) is 3. The summed E-state index contributed by atoms with van der Waals surface area (Å²) in [5.74, 6) is 0.625. The Morgan fingerprint density at radius 2 is 2.14 bits per heavy atom. The highest BCUT2D eigenvalue weighted by molar-refractivity contribution is 9.10. The second kappa shape index (κ2) is 7.03. The molecule has 0 spiro atoms. The smallest absolute Gasteiger partial charge is 0.0976 e. The lowest BCUT2D eigenvalue weighted by molar-refractivity contribution is 0.208. The molecule has 1 aliphatic rings. The van der Waals surface area contributed by atoms with Gasteiger partial charge in [-0.2, -0.15) is 0 Å². The van der Waals surface area contributed by atoms with Gasteiger partial charge in [0.05, 0.1) is 10.7 Å². The fourth-order valence-corrected chi connectivity index (χ4v) is 4.23. The van der Waals surface area contributed by atoms with Gasteiger partial charge in [0.2, 0.25) is 0 Å². The maximum atomic E-state index is 4.90. The van der Waals surface area contributed by atoms with Crippen LogP contribution in [0.15, 0.2) is 34.1 Å². The number of aromatic nitrogens is 1. The minimum absolute atomic E-state index is 0.625. The minimum atomic E-state index is 0.625. The van der Waals surface area contributed by atoms with Gasteiger partial charge in [0, 0.05) is 27.9 Å². The standard InChI is InChI=1S/C17H21BrN2S/c1-2-9-20-10-3-4-14(11-20)17-19-16(12-21-17)13-5-7-15(18)8-6-13/h5-8,12,14H,2-4,9-11H2,1H3. The lowest BCUT2D eigenvalue weighted by Crippen LogP contribution is -2.34. The molecular formula is C17H21BrN2S. The number of hydrogen-bond donors (Lipinski definition) is 0. The molecule has 0 saturated carbocycles. The third-order valence-corrected chi connectivity index (χ3v) is 5.59. The van der Waals surface area contributed by atoms with Gasteiger partial charge >= 0.3 is 0 Å². The monoisotopic (exact) mass is 364 g/mol. The number of halogens is 1. The van der Waals surface area contributed by atoms with E-state index in [0.29, 0.717) is 5.92 Å². The van der Waals surface area contributed by atoms with Crippen LogP contribution in [0.1, 0.15) is 37.1 Å². The number of nitrogens with zero attached hydrogens (tertiary/aromatic N) is 2. The van der Waals surface area contributed by atoms with Crippen molar-refractivity contribution in [1.29, 1.82) is 0 Å². The van der Waals surface area contributed by atoms with Gasteiger partial charge in [-0.1, -0.05) is 35.0 Å². The highest BCUT2D eigenvalue weighted by Gasteiger charge is 2.23. The van der Waals surface area contributed by atoms with Gasteiger partial charge in [-0.15, -0.1) is 11.3 Å². The van der Waals surface area contributed by atoms with Gasteiger partial charge < -0.3 is 4.90 Å². The Kier molecular flexibility index (Phi) is 5.09. The maximum Gasteiger partial charge on any atom is 0.0976 e. The highest BCUT2D eigenvalue weighted by Crippen LogP contribution is 2.32. The fraction of sp³-hybridized carbons (Fsp3) is 0.471. The zero-order valence-corrected chi connectivity index (χ0v) is 14.8. The summed E-state index contributed by atoms with van der Waals surface area (Å²) in [7, 11) is 0. The minimum Gasteiger partial charge on any atom is -0.303 e. The van der Waals surface area contributed by atoms with E-state index in [1.54, 1.807) is 0 Å². The van der Waals surface area contributed by atoms with E-state index in [2.05, 4.69) is 57.4 Å². The molecule has 2 heterocycles. The van der Waals surface area contributed by atoms with Crippen LogP contribution in [0.25, 0.3) is 11.3 Å². The number of piperidine rings is 1. The zero-order chi connectivity index (χ0) is 14.7. The fourth-order valence-electron chi connectivity index (χ4n) is 3.00. The predicted molar refractivity (Wildman–Crippen MR) is 94.0 cm³/mol. The summed E-state index contributed by atoms with van der Waals surface area (Å²) in [6, 6.07) is 8.43. The molecule has 1 fully saturated rings. The number of thiazole rings is 1. The molecule has 112 valence electrons. The van der Waals surface area contributed by atoms with E-state index in [1.807, 2.05) is 11.3 Å². The molecule has 2 aromatic rings. The number of likely N-dealkylation sites (tertiary alicyclic amines) is 1. The van der Waals surface area contributed by atoms with Gasteiger partial charge in [-0.25, -0.2) is 4.98 Å². The largest absolute Gasteiger partial charge is 0.303 e. The molecule has 21 heavy (non-hydrogen) atoms. The van der Waals surface area contributed by atoms with Crippen molar-refractivity contribution in [3.8, 4) is 11.3 Å². The molecule has 1 aromatic heterocycles. The third kappa shape index (κ3) is 3.74. The summed E-state index contributed by atoms with van der Waals surface area (Å²) in [5, 5.41) is 3.52. The van der Waals surface area contributed by atoms with Gasteiger partial charge in [-0.05, 0) is 44.5 Å². The Balaban J connectivity index is 1.73. The first-order valence-corrected chi connectivity index (χ1v) is 9.37. The van der Waals surface area contributed by atoms with Crippen LogP contribution in [0, 0.1) is 0 Å². The van der Waals surface area contributed by atoms with E-state index in [9.17, 15) is 0 Å². The lowest BCUT2D eigenvalue weighted by Gasteiger charge is -2.31. The molecular weight excluding hydrogens is 344 g/mol. The van der Waals surface area contributed by atoms with Gasteiger partial charge in [0.15, 0.2) is 0 Å². The van der Waals surface area contributed by atoms with E-state index in [4.69, 9.17) is 4.98 Å². The van der Waals surface area contributed by atoms with Crippen molar-refractivity contribution in [2.75, 3.05) is 19.6 Å². The van der Waals surface area contributed by atoms with Crippen LogP contribution in [0.4, 0.5) is 0 Å². The summed E-state index contributed by atoms with van der Waals surface area (Å²) in [5.41, 5.74) is 2.33. The molecule has 1 saturated heterocycles. The van der Waals surface area contributed by atoms with E-state index >= 15 is 0 Å². The molecule has 4 heteroatoms. The molecule has 1 unspecified atom stereocenters. The molecule has 0 bridgehead atoms. The van der Waals surface area contributed by atoms with Crippen molar-refractivity contribution >= 4 is 27.3 Å². The van der Waals surface area contributed by atoms with Crippen LogP contribution < -0.4 is 0 Å². The first-order valence-electron chi connectivity index (χ1n) is 7.70. The molecule has 2 nitrogen and oxygen atoms in total. The summed E-state index contributed by atoms with van der Waals surface area (Å²) in [6.45, 7) is 5.93. The van der Waals surface area contributed by atoms with Crippen LogP contribution in [0.2, 0.25) is 0 Å². The number of rotatable bonds is 4. The Labute approximate surface area is 139 Å². The molecule has 1 atom stereocenters. The van der Waals surface area contributed by atoms with Crippen LogP contribution in [-0.2, 0) is 0 Å². The third-order valence-electron chi connectivity index (χ3n) is 4.06. The van der Waals surface area contributed by atoms with Crippen LogP contribution >= 0.6 is 27.3 Å².